The van der Waals surface area contributed by atoms with Gasteiger partial charge in [-0.3, -0.25) is 0 Å². The fraction of sp³-hybridized carbons (Fsp3) is 0.652. The molecule has 1 fully saturated rings. The van der Waals surface area contributed by atoms with Crippen molar-refractivity contribution in [3.05, 3.63) is 35.9 Å². The summed E-state index contributed by atoms with van der Waals surface area (Å²) >= 11 is 0. The molecule has 0 heterocycles. The summed E-state index contributed by atoms with van der Waals surface area (Å²) in [6.45, 7) is 5.98. The third-order valence-corrected chi connectivity index (χ3v) is 5.17. The van der Waals surface area contributed by atoms with Gasteiger partial charge in [0, 0.05) is 13.6 Å². The van der Waals surface area contributed by atoms with E-state index in [1.54, 1.807) is 7.05 Å². The van der Waals surface area contributed by atoms with Crippen LogP contribution in [0.25, 0.3) is 0 Å². The van der Waals surface area contributed by atoms with Crippen LogP contribution in [0.1, 0.15) is 58.4 Å². The summed E-state index contributed by atoms with van der Waals surface area (Å²) in [5, 5.41) is 12.7. The minimum Gasteiger partial charge on any atom is -0.445 e. The Bertz CT molecular complexity index is 666. The highest BCUT2D eigenvalue weighted by Gasteiger charge is 2.27. The largest absolute Gasteiger partial charge is 0.445 e. The van der Waals surface area contributed by atoms with Gasteiger partial charge in [0.2, 0.25) is 0 Å². The molecule has 0 aromatic heterocycles. The third kappa shape index (κ3) is 9.03. The highest BCUT2D eigenvalue weighted by molar-refractivity contribution is 5.69. The lowest BCUT2D eigenvalue weighted by Crippen LogP contribution is -2.47. The Morgan fingerprint density at radius 2 is 1.80 bits per heavy atom. The van der Waals surface area contributed by atoms with Crippen LogP contribution in [0.5, 0.6) is 0 Å². The molecule has 0 bridgehead atoms. The van der Waals surface area contributed by atoms with Gasteiger partial charge in [0.15, 0.2) is 0 Å². The first kappa shape index (κ1) is 24.0. The fourth-order valence-corrected chi connectivity index (χ4v) is 3.67. The lowest BCUT2D eigenvalue weighted by molar-refractivity contribution is 0.0462. The highest BCUT2D eigenvalue weighted by atomic mass is 16.6. The average molecular weight is 421 g/mol. The molecule has 1 aliphatic rings. The Balaban J connectivity index is 1.92. The number of rotatable bonds is 7. The number of alkyl carbamates (subject to hydrolysis) is 1. The van der Waals surface area contributed by atoms with Crippen LogP contribution in [0.4, 0.5) is 9.59 Å². The van der Waals surface area contributed by atoms with E-state index in [0.29, 0.717) is 12.5 Å². The Labute approximate surface area is 179 Å². The molecule has 1 atom stereocenters. The summed E-state index contributed by atoms with van der Waals surface area (Å²) in [5.41, 5.74) is 0.327. The van der Waals surface area contributed by atoms with Crippen LogP contribution in [-0.2, 0) is 16.1 Å². The van der Waals surface area contributed by atoms with E-state index in [-0.39, 0.29) is 18.8 Å². The molecule has 2 N–H and O–H groups in total. The van der Waals surface area contributed by atoms with Crippen molar-refractivity contribution in [1.82, 2.24) is 10.2 Å². The summed E-state index contributed by atoms with van der Waals surface area (Å²) in [4.78, 5) is 26.2. The van der Waals surface area contributed by atoms with Gasteiger partial charge in [-0.25, -0.2) is 9.59 Å². The Morgan fingerprint density at radius 1 is 1.17 bits per heavy atom. The average Bonchev–Trinajstić information content (AvgIpc) is 2.67. The van der Waals surface area contributed by atoms with E-state index in [4.69, 9.17) is 9.47 Å². The first-order valence-corrected chi connectivity index (χ1v) is 10.7. The monoisotopic (exact) mass is 420 g/mol. The van der Waals surface area contributed by atoms with Crippen molar-refractivity contribution < 1.29 is 24.2 Å². The molecule has 1 aliphatic carbocycles. The first-order chi connectivity index (χ1) is 14.1. The van der Waals surface area contributed by atoms with E-state index in [2.05, 4.69) is 5.32 Å². The van der Waals surface area contributed by atoms with Gasteiger partial charge < -0.3 is 24.8 Å². The predicted octanol–water partition coefficient (Wildman–Crippen LogP) is 4.09. The normalized spacial score (nSPS) is 20.2. The number of carbonyl (C=O) groups excluding carboxylic acids is 2. The van der Waals surface area contributed by atoms with Gasteiger partial charge in [-0.05, 0) is 64.4 Å². The molecule has 1 aromatic carbocycles. The molecule has 1 unspecified atom stereocenters. The molecule has 168 valence electrons. The van der Waals surface area contributed by atoms with Gasteiger partial charge in [0.25, 0.3) is 0 Å². The highest BCUT2D eigenvalue weighted by Crippen LogP contribution is 2.28. The van der Waals surface area contributed by atoms with Crippen LogP contribution < -0.4 is 5.32 Å². The number of nitrogens with zero attached hydrogens (tertiary/aromatic N) is 1. The number of ether oxygens (including phenoxy) is 2. The van der Waals surface area contributed by atoms with Gasteiger partial charge in [-0.15, -0.1) is 0 Å². The van der Waals surface area contributed by atoms with Crippen LogP contribution in [0.3, 0.4) is 0 Å². The molecule has 0 aliphatic heterocycles. The number of hydrogen-bond donors (Lipinski definition) is 2. The van der Waals surface area contributed by atoms with E-state index in [0.717, 1.165) is 37.7 Å². The number of nitrogens with one attached hydrogen (secondary N) is 1. The molecule has 1 saturated carbocycles. The molecule has 2 amide bonds. The van der Waals surface area contributed by atoms with Crippen molar-refractivity contribution in [2.45, 2.75) is 77.2 Å². The summed E-state index contributed by atoms with van der Waals surface area (Å²) < 4.78 is 10.8. The zero-order valence-corrected chi connectivity index (χ0v) is 18.6. The molecule has 30 heavy (non-hydrogen) atoms. The quantitative estimate of drug-likeness (QED) is 0.694. The molecule has 0 radical (unpaired) electrons. The van der Waals surface area contributed by atoms with E-state index >= 15 is 0 Å². The van der Waals surface area contributed by atoms with Gasteiger partial charge >= 0.3 is 12.2 Å². The van der Waals surface area contributed by atoms with Gasteiger partial charge in [-0.1, -0.05) is 30.3 Å². The Kier molecular flexibility index (Phi) is 8.96. The molecule has 0 spiro atoms. The van der Waals surface area contributed by atoms with Crippen LogP contribution in [0.15, 0.2) is 30.3 Å². The summed E-state index contributed by atoms with van der Waals surface area (Å²) in [5.74, 6) is 0.391. The number of hydrogen-bond acceptors (Lipinski definition) is 5. The molecular formula is C23H36N2O5. The second-order valence-corrected chi connectivity index (χ2v) is 9.17. The number of amides is 2. The SMILES string of the molecule is CN(CC(CC1CCC(O)CC1)NC(=O)OC(C)(C)C)C(=O)OCc1ccccc1. The van der Waals surface area contributed by atoms with Crippen molar-refractivity contribution in [3.63, 3.8) is 0 Å². The second kappa shape index (κ2) is 11.2. The van der Waals surface area contributed by atoms with E-state index in [1.165, 1.54) is 4.90 Å². The molecule has 7 nitrogen and oxygen atoms in total. The lowest BCUT2D eigenvalue weighted by atomic mass is 9.83. The fourth-order valence-electron chi connectivity index (χ4n) is 3.67. The zero-order chi connectivity index (χ0) is 22.1. The Morgan fingerprint density at radius 3 is 2.40 bits per heavy atom. The van der Waals surface area contributed by atoms with E-state index in [1.807, 2.05) is 51.1 Å². The van der Waals surface area contributed by atoms with Gasteiger partial charge in [0.05, 0.1) is 12.1 Å². The predicted molar refractivity (Wildman–Crippen MR) is 115 cm³/mol. The topological polar surface area (TPSA) is 88.1 Å². The third-order valence-electron chi connectivity index (χ3n) is 5.17. The standard InChI is InChI=1S/C23H36N2O5/c1-23(2,3)30-21(27)24-19(14-17-10-12-20(26)13-11-17)15-25(4)22(28)29-16-18-8-6-5-7-9-18/h5-9,17,19-20,26H,10-16H2,1-4H3,(H,24,27). The number of aliphatic hydroxyl groups excluding tert-OH is 1. The molecule has 7 heteroatoms. The molecule has 2 rings (SSSR count). The molecular weight excluding hydrogens is 384 g/mol. The first-order valence-electron chi connectivity index (χ1n) is 10.7. The molecule has 0 saturated heterocycles. The van der Waals surface area contributed by atoms with Gasteiger partial charge in [0.1, 0.15) is 12.2 Å². The van der Waals surface area contributed by atoms with Crippen LogP contribution in [0, 0.1) is 5.92 Å². The van der Waals surface area contributed by atoms with E-state index < -0.39 is 17.8 Å². The maximum atomic E-state index is 12.4. The number of benzene rings is 1. The van der Waals surface area contributed by atoms with Crippen molar-refractivity contribution in [2.75, 3.05) is 13.6 Å². The van der Waals surface area contributed by atoms with Crippen molar-refractivity contribution >= 4 is 12.2 Å². The maximum Gasteiger partial charge on any atom is 0.409 e. The van der Waals surface area contributed by atoms with Crippen LogP contribution >= 0.6 is 0 Å². The summed E-state index contributed by atoms with van der Waals surface area (Å²) in [6.07, 6.45) is 2.95. The minimum absolute atomic E-state index is 0.203. The number of aliphatic hydroxyl groups is 1. The second-order valence-electron chi connectivity index (χ2n) is 9.17. The molecule has 1 aromatic rings. The summed E-state index contributed by atoms with van der Waals surface area (Å²) in [7, 11) is 1.67. The van der Waals surface area contributed by atoms with E-state index in [9.17, 15) is 14.7 Å². The number of likely N-dealkylation sites (N-methyl/N-ethyl adjacent to an activating group) is 1. The van der Waals surface area contributed by atoms with Crippen molar-refractivity contribution in [1.29, 1.82) is 0 Å². The smallest absolute Gasteiger partial charge is 0.409 e. The van der Waals surface area contributed by atoms with Gasteiger partial charge in [-0.2, -0.15) is 0 Å². The van der Waals surface area contributed by atoms with Crippen molar-refractivity contribution in [3.8, 4) is 0 Å². The lowest BCUT2D eigenvalue weighted by Gasteiger charge is -2.31. The Hall–Kier alpha value is -2.28. The minimum atomic E-state index is -0.593. The van der Waals surface area contributed by atoms with Crippen LogP contribution in [-0.4, -0.2) is 53.5 Å². The summed E-state index contributed by atoms with van der Waals surface area (Å²) in [6, 6.07) is 9.25. The van der Waals surface area contributed by atoms with Crippen LogP contribution in [0.2, 0.25) is 0 Å². The maximum absolute atomic E-state index is 12.4. The van der Waals surface area contributed by atoms with Crippen molar-refractivity contribution in [2.24, 2.45) is 5.92 Å². The number of carbonyl (C=O) groups is 2. The zero-order valence-electron chi connectivity index (χ0n) is 18.6.